The van der Waals surface area contributed by atoms with Gasteiger partial charge in [-0.25, -0.2) is 4.98 Å². The molecule has 0 aliphatic heterocycles. The molecule has 3 heterocycles. The summed E-state index contributed by atoms with van der Waals surface area (Å²) in [5.74, 6) is 0. The molecule has 3 nitrogen and oxygen atoms in total. The summed E-state index contributed by atoms with van der Waals surface area (Å²) in [6, 6.07) is 51.5. The Morgan fingerprint density at radius 2 is 1.07 bits per heavy atom. The van der Waals surface area contributed by atoms with Crippen molar-refractivity contribution in [3.8, 4) is 27.9 Å². The number of benzene rings is 6. The molecule has 9 aromatic rings. The molecule has 0 amide bonds. The third-order valence-electron chi connectivity index (χ3n) is 8.39. The lowest BCUT2D eigenvalue weighted by atomic mass is 9.93. The lowest BCUT2D eigenvalue weighted by Gasteiger charge is -2.12. The van der Waals surface area contributed by atoms with E-state index in [1.165, 1.54) is 27.4 Å². The van der Waals surface area contributed by atoms with Crippen LogP contribution in [0.2, 0.25) is 0 Å². The van der Waals surface area contributed by atoms with Crippen LogP contribution in [0.4, 0.5) is 0 Å². The lowest BCUT2D eigenvalue weighted by Crippen LogP contribution is -1.94. The Hall–Kier alpha value is -5.67. The molecule has 0 saturated heterocycles. The van der Waals surface area contributed by atoms with E-state index in [0.717, 1.165) is 49.6 Å². The minimum absolute atomic E-state index is 0.670. The molecule has 6 aromatic carbocycles. The van der Waals surface area contributed by atoms with Crippen molar-refractivity contribution in [1.29, 1.82) is 0 Å². The quantitative estimate of drug-likeness (QED) is 0.225. The molecule has 0 spiro atoms. The highest BCUT2D eigenvalue weighted by Crippen LogP contribution is 2.41. The number of furan rings is 1. The summed E-state index contributed by atoms with van der Waals surface area (Å²) in [6.07, 6.45) is 0. The first-order valence-corrected chi connectivity index (χ1v) is 14.2. The van der Waals surface area contributed by atoms with Crippen LogP contribution in [0.25, 0.3) is 82.7 Å². The maximum absolute atomic E-state index is 6.25. The summed E-state index contributed by atoms with van der Waals surface area (Å²) < 4.78 is 8.62. The highest BCUT2D eigenvalue weighted by molar-refractivity contribution is 6.18. The molecule has 42 heavy (non-hydrogen) atoms. The third-order valence-corrected chi connectivity index (χ3v) is 8.39. The molecule has 0 aliphatic rings. The van der Waals surface area contributed by atoms with Gasteiger partial charge in [-0.1, -0.05) is 103 Å². The van der Waals surface area contributed by atoms with E-state index in [0.29, 0.717) is 5.71 Å². The molecule has 0 bridgehead atoms. The van der Waals surface area contributed by atoms with Crippen LogP contribution in [0.3, 0.4) is 0 Å². The normalized spacial score (nSPS) is 11.8. The van der Waals surface area contributed by atoms with Gasteiger partial charge in [-0.05, 0) is 59.2 Å². The van der Waals surface area contributed by atoms with Gasteiger partial charge in [0, 0.05) is 32.8 Å². The van der Waals surface area contributed by atoms with Crippen molar-refractivity contribution in [2.45, 2.75) is 0 Å². The summed E-state index contributed by atoms with van der Waals surface area (Å²) in [5, 5.41) is 5.79. The lowest BCUT2D eigenvalue weighted by molar-refractivity contribution is 0.656. The Bertz CT molecular complexity index is 2430. The van der Waals surface area contributed by atoms with Crippen molar-refractivity contribution in [2.24, 2.45) is 0 Å². The molecular weight excluding hydrogens is 512 g/mol. The Morgan fingerprint density at radius 1 is 0.476 bits per heavy atom. The zero-order valence-electron chi connectivity index (χ0n) is 22.7. The Labute approximate surface area is 241 Å². The van der Waals surface area contributed by atoms with Crippen LogP contribution in [0.1, 0.15) is 0 Å². The second kappa shape index (κ2) is 8.92. The SMILES string of the molecule is c1cc(-c2cccc(-n3c4ccccc4c4ccccc43)c2)cc(-c2c3ccccc3nc3oc4ccccc4c23)c1. The predicted molar refractivity (Wildman–Crippen MR) is 174 cm³/mol. The number of hydrogen-bond acceptors (Lipinski definition) is 2. The smallest absolute Gasteiger partial charge is 0.228 e. The van der Waals surface area contributed by atoms with Gasteiger partial charge in [0.1, 0.15) is 5.58 Å². The van der Waals surface area contributed by atoms with Gasteiger partial charge < -0.3 is 8.98 Å². The van der Waals surface area contributed by atoms with Crippen molar-refractivity contribution < 1.29 is 4.42 Å². The summed E-state index contributed by atoms with van der Waals surface area (Å²) in [5.41, 5.74) is 10.6. The minimum atomic E-state index is 0.670. The number of rotatable bonds is 3. The largest absolute Gasteiger partial charge is 0.438 e. The first kappa shape index (κ1) is 23.1. The Balaban J connectivity index is 1.26. The molecule has 3 heteroatoms. The van der Waals surface area contributed by atoms with E-state index in [4.69, 9.17) is 9.40 Å². The third kappa shape index (κ3) is 3.37. The number of pyridine rings is 1. The van der Waals surface area contributed by atoms with Gasteiger partial charge in [0.25, 0.3) is 0 Å². The van der Waals surface area contributed by atoms with Crippen LogP contribution in [0.15, 0.2) is 150 Å². The first-order chi connectivity index (χ1) is 20.8. The van der Waals surface area contributed by atoms with Gasteiger partial charge in [0.2, 0.25) is 5.71 Å². The summed E-state index contributed by atoms with van der Waals surface area (Å²) in [4.78, 5) is 4.90. The second-order valence-electron chi connectivity index (χ2n) is 10.8. The van der Waals surface area contributed by atoms with Crippen molar-refractivity contribution in [3.63, 3.8) is 0 Å². The summed E-state index contributed by atoms with van der Waals surface area (Å²) >= 11 is 0. The number of aromatic nitrogens is 2. The van der Waals surface area contributed by atoms with Crippen LogP contribution >= 0.6 is 0 Å². The molecule has 0 N–H and O–H groups in total. The molecule has 0 unspecified atom stereocenters. The highest BCUT2D eigenvalue weighted by Gasteiger charge is 2.18. The van der Waals surface area contributed by atoms with Gasteiger partial charge >= 0.3 is 0 Å². The van der Waals surface area contributed by atoms with Gasteiger partial charge in [0.05, 0.1) is 21.9 Å². The number of hydrogen-bond donors (Lipinski definition) is 0. The molecule has 0 radical (unpaired) electrons. The van der Waals surface area contributed by atoms with Crippen molar-refractivity contribution in [2.75, 3.05) is 0 Å². The van der Waals surface area contributed by atoms with Crippen LogP contribution in [-0.4, -0.2) is 9.55 Å². The fourth-order valence-electron chi connectivity index (χ4n) is 6.56. The highest BCUT2D eigenvalue weighted by atomic mass is 16.3. The molecule has 0 aliphatic carbocycles. The van der Waals surface area contributed by atoms with Gasteiger partial charge in [-0.15, -0.1) is 0 Å². The van der Waals surface area contributed by atoms with Gasteiger partial charge in [-0.3, -0.25) is 0 Å². The van der Waals surface area contributed by atoms with E-state index in [1.807, 2.05) is 18.2 Å². The number of nitrogens with zero attached hydrogens (tertiary/aromatic N) is 2. The summed E-state index contributed by atoms with van der Waals surface area (Å²) in [6.45, 7) is 0. The second-order valence-corrected chi connectivity index (χ2v) is 10.8. The van der Waals surface area contributed by atoms with E-state index in [1.54, 1.807) is 0 Å². The maximum Gasteiger partial charge on any atom is 0.228 e. The van der Waals surface area contributed by atoms with E-state index >= 15 is 0 Å². The molecule has 0 fully saturated rings. The van der Waals surface area contributed by atoms with Gasteiger partial charge in [0.15, 0.2) is 0 Å². The Morgan fingerprint density at radius 3 is 1.86 bits per heavy atom. The van der Waals surface area contributed by atoms with Crippen molar-refractivity contribution in [1.82, 2.24) is 9.55 Å². The first-order valence-electron chi connectivity index (χ1n) is 14.2. The Kier molecular flexibility index (Phi) is 4.90. The van der Waals surface area contributed by atoms with E-state index in [9.17, 15) is 0 Å². The molecular formula is C39H24N2O. The monoisotopic (exact) mass is 536 g/mol. The number of fused-ring (bicyclic) bond motifs is 7. The van der Waals surface area contributed by atoms with Crippen LogP contribution in [0, 0.1) is 0 Å². The zero-order chi connectivity index (χ0) is 27.6. The van der Waals surface area contributed by atoms with E-state index in [2.05, 4.69) is 132 Å². The minimum Gasteiger partial charge on any atom is -0.438 e. The van der Waals surface area contributed by atoms with E-state index < -0.39 is 0 Å². The summed E-state index contributed by atoms with van der Waals surface area (Å²) in [7, 11) is 0. The molecule has 9 rings (SSSR count). The molecule has 0 saturated carbocycles. The fraction of sp³-hybridized carbons (Fsp3) is 0. The average molecular weight is 537 g/mol. The van der Waals surface area contributed by atoms with Crippen LogP contribution in [-0.2, 0) is 0 Å². The molecule has 0 atom stereocenters. The predicted octanol–water partition coefficient (Wildman–Crippen LogP) is 10.6. The molecule has 196 valence electrons. The van der Waals surface area contributed by atoms with E-state index in [-0.39, 0.29) is 0 Å². The maximum atomic E-state index is 6.25. The molecule has 3 aromatic heterocycles. The number of para-hydroxylation sites is 4. The fourth-order valence-corrected chi connectivity index (χ4v) is 6.56. The van der Waals surface area contributed by atoms with Gasteiger partial charge in [-0.2, -0.15) is 0 Å². The average Bonchev–Trinajstić information content (AvgIpc) is 3.59. The van der Waals surface area contributed by atoms with Crippen molar-refractivity contribution >= 4 is 54.8 Å². The van der Waals surface area contributed by atoms with Crippen LogP contribution in [0.5, 0.6) is 0 Å². The topological polar surface area (TPSA) is 31.0 Å². The van der Waals surface area contributed by atoms with Crippen LogP contribution < -0.4 is 0 Å². The zero-order valence-corrected chi connectivity index (χ0v) is 22.7. The van der Waals surface area contributed by atoms with Crippen molar-refractivity contribution in [3.05, 3.63) is 146 Å². The standard InChI is InChI=1S/C39H24N2O/c1-5-19-33-31(17-1)37(38-32-18-4-8-22-36(32)42-39(38)40-33)27-13-9-11-25(23-27)26-12-10-14-28(24-26)41-34-20-6-2-15-29(34)30-16-3-7-21-35(30)41/h1-24H.